The van der Waals surface area contributed by atoms with Gasteiger partial charge in [0.15, 0.2) is 0 Å². The van der Waals surface area contributed by atoms with Crippen molar-refractivity contribution in [3.05, 3.63) is 88.2 Å². The van der Waals surface area contributed by atoms with E-state index < -0.39 is 0 Å². The third kappa shape index (κ3) is 3.29. The van der Waals surface area contributed by atoms with Gasteiger partial charge in [-0.2, -0.15) is 10.5 Å². The summed E-state index contributed by atoms with van der Waals surface area (Å²) < 4.78 is 2.19. The largest absolute Gasteiger partial charge is 0.318 e. The monoisotopic (exact) mass is 337 g/mol. The number of nitriles is 2. The van der Waals surface area contributed by atoms with Gasteiger partial charge in [-0.1, -0.05) is 29.8 Å². The Kier molecular flexibility index (Phi) is 4.74. The van der Waals surface area contributed by atoms with Crippen LogP contribution < -0.4 is 0 Å². The fourth-order valence-electron chi connectivity index (χ4n) is 3.12. The Morgan fingerprint density at radius 1 is 0.962 bits per heavy atom. The first-order valence-corrected chi connectivity index (χ1v) is 8.42. The molecule has 0 saturated carbocycles. The van der Waals surface area contributed by atoms with Crippen LogP contribution in [0.4, 0.5) is 0 Å². The van der Waals surface area contributed by atoms with Crippen molar-refractivity contribution in [3.8, 4) is 17.8 Å². The summed E-state index contributed by atoms with van der Waals surface area (Å²) in [6, 6.07) is 22.0. The van der Waals surface area contributed by atoms with E-state index in [1.54, 1.807) is 18.2 Å². The summed E-state index contributed by atoms with van der Waals surface area (Å²) in [5.41, 5.74) is 7.38. The molecule has 0 aliphatic rings. The van der Waals surface area contributed by atoms with E-state index in [0.717, 1.165) is 28.2 Å². The van der Waals surface area contributed by atoms with Crippen LogP contribution in [0.15, 0.2) is 54.6 Å². The van der Waals surface area contributed by atoms with Crippen LogP contribution in [-0.4, -0.2) is 4.57 Å². The quantitative estimate of drug-likeness (QED) is 0.606. The average Bonchev–Trinajstić information content (AvgIpc) is 2.94. The number of aryl methyl sites for hydroxylation is 2. The van der Waals surface area contributed by atoms with Crippen LogP contribution in [0.3, 0.4) is 0 Å². The van der Waals surface area contributed by atoms with E-state index >= 15 is 0 Å². The molecule has 3 heteroatoms. The van der Waals surface area contributed by atoms with Crippen LogP contribution in [0.1, 0.15) is 33.6 Å². The van der Waals surface area contributed by atoms with Gasteiger partial charge < -0.3 is 4.57 Å². The second kappa shape index (κ2) is 7.13. The van der Waals surface area contributed by atoms with Gasteiger partial charge in [-0.05, 0) is 68.3 Å². The molecule has 26 heavy (non-hydrogen) atoms. The van der Waals surface area contributed by atoms with Crippen molar-refractivity contribution in [1.82, 2.24) is 4.57 Å². The standard InChI is InChI=1S/C23H19N3/c1-16-7-9-23(10-8-16)26-17(2)11-21(18(26)3)13-22(15-25)20-6-4-5-19(12-20)14-24/h4-13H,1-3H3/b22-13-. The molecule has 0 bridgehead atoms. The smallest absolute Gasteiger partial charge is 0.0998 e. The van der Waals surface area contributed by atoms with E-state index in [0.29, 0.717) is 11.1 Å². The zero-order valence-corrected chi connectivity index (χ0v) is 15.1. The van der Waals surface area contributed by atoms with Crippen LogP contribution in [-0.2, 0) is 0 Å². The molecule has 0 spiro atoms. The number of hydrogen-bond acceptors (Lipinski definition) is 2. The highest BCUT2D eigenvalue weighted by Crippen LogP contribution is 2.25. The van der Waals surface area contributed by atoms with Crippen molar-refractivity contribution < 1.29 is 0 Å². The lowest BCUT2D eigenvalue weighted by Gasteiger charge is -2.10. The van der Waals surface area contributed by atoms with E-state index in [1.165, 1.54) is 5.56 Å². The van der Waals surface area contributed by atoms with E-state index in [-0.39, 0.29) is 0 Å². The summed E-state index contributed by atoms with van der Waals surface area (Å²) in [5.74, 6) is 0. The predicted octanol–water partition coefficient (Wildman–Crippen LogP) is 5.34. The van der Waals surface area contributed by atoms with Gasteiger partial charge in [0.25, 0.3) is 0 Å². The molecule has 0 atom stereocenters. The highest BCUT2D eigenvalue weighted by Gasteiger charge is 2.11. The van der Waals surface area contributed by atoms with Gasteiger partial charge in [0.1, 0.15) is 0 Å². The van der Waals surface area contributed by atoms with Crippen LogP contribution >= 0.6 is 0 Å². The molecule has 0 aliphatic carbocycles. The van der Waals surface area contributed by atoms with E-state index in [9.17, 15) is 5.26 Å². The molecule has 0 fully saturated rings. The summed E-state index contributed by atoms with van der Waals surface area (Å²) in [4.78, 5) is 0. The molecule has 1 aromatic heterocycles. The van der Waals surface area contributed by atoms with Crippen LogP contribution in [0.2, 0.25) is 0 Å². The van der Waals surface area contributed by atoms with E-state index in [4.69, 9.17) is 5.26 Å². The highest BCUT2D eigenvalue weighted by molar-refractivity contribution is 5.90. The molecule has 0 amide bonds. The van der Waals surface area contributed by atoms with Crippen molar-refractivity contribution in [2.75, 3.05) is 0 Å². The molecule has 2 aromatic carbocycles. The molecule has 0 aliphatic heterocycles. The summed E-state index contributed by atoms with van der Waals surface area (Å²) in [6.07, 6.45) is 1.89. The molecular weight excluding hydrogens is 318 g/mol. The van der Waals surface area contributed by atoms with Gasteiger partial charge in [0.2, 0.25) is 0 Å². The lowest BCUT2D eigenvalue weighted by Crippen LogP contribution is -1.98. The number of nitrogens with zero attached hydrogens (tertiary/aromatic N) is 3. The second-order valence-electron chi connectivity index (χ2n) is 6.36. The normalized spacial score (nSPS) is 11.0. The van der Waals surface area contributed by atoms with Gasteiger partial charge in [-0.3, -0.25) is 0 Å². The fourth-order valence-corrected chi connectivity index (χ4v) is 3.12. The maximum Gasteiger partial charge on any atom is 0.0998 e. The zero-order chi connectivity index (χ0) is 18.7. The summed E-state index contributed by atoms with van der Waals surface area (Å²) in [6.45, 7) is 6.19. The first-order valence-electron chi connectivity index (χ1n) is 8.42. The average molecular weight is 337 g/mol. The van der Waals surface area contributed by atoms with Gasteiger partial charge in [-0.25, -0.2) is 0 Å². The number of rotatable bonds is 3. The number of benzene rings is 2. The third-order valence-corrected chi connectivity index (χ3v) is 4.49. The first-order chi connectivity index (χ1) is 12.5. The minimum absolute atomic E-state index is 0.547. The number of allylic oxidation sites excluding steroid dienone is 1. The molecule has 0 N–H and O–H groups in total. The van der Waals surface area contributed by atoms with Gasteiger partial charge in [0, 0.05) is 17.1 Å². The van der Waals surface area contributed by atoms with Crippen molar-refractivity contribution in [2.45, 2.75) is 20.8 Å². The Bertz CT molecular complexity index is 1070. The SMILES string of the molecule is Cc1ccc(-n2c(C)cc(/C=C(/C#N)c3cccc(C#N)c3)c2C)cc1. The maximum absolute atomic E-state index is 9.61. The molecule has 0 saturated heterocycles. The first kappa shape index (κ1) is 17.3. The second-order valence-corrected chi connectivity index (χ2v) is 6.36. The lowest BCUT2D eigenvalue weighted by atomic mass is 10.0. The van der Waals surface area contributed by atoms with Crippen LogP contribution in [0, 0.1) is 43.4 Å². The van der Waals surface area contributed by atoms with Crippen LogP contribution in [0.5, 0.6) is 0 Å². The van der Waals surface area contributed by atoms with Crippen LogP contribution in [0.25, 0.3) is 17.3 Å². The Labute approximate surface area is 154 Å². The van der Waals surface area contributed by atoms with Crippen molar-refractivity contribution in [3.63, 3.8) is 0 Å². The molecule has 1 heterocycles. The van der Waals surface area contributed by atoms with Crippen molar-refractivity contribution >= 4 is 11.6 Å². The summed E-state index contributed by atoms with van der Waals surface area (Å²) >= 11 is 0. The van der Waals surface area contributed by atoms with Gasteiger partial charge >= 0.3 is 0 Å². The molecule has 3 nitrogen and oxygen atoms in total. The molecule has 3 aromatic rings. The minimum atomic E-state index is 0.547. The molecule has 0 unspecified atom stereocenters. The Hall–Kier alpha value is -3.56. The summed E-state index contributed by atoms with van der Waals surface area (Å²) in [7, 11) is 0. The van der Waals surface area contributed by atoms with Crippen molar-refractivity contribution in [1.29, 1.82) is 10.5 Å². The molecular formula is C23H19N3. The summed E-state index contributed by atoms with van der Waals surface area (Å²) in [5, 5.41) is 18.7. The molecule has 3 rings (SSSR count). The zero-order valence-electron chi connectivity index (χ0n) is 15.1. The Morgan fingerprint density at radius 2 is 1.69 bits per heavy atom. The third-order valence-electron chi connectivity index (χ3n) is 4.49. The number of hydrogen-bond donors (Lipinski definition) is 0. The maximum atomic E-state index is 9.61. The fraction of sp³-hybridized carbons (Fsp3) is 0.130. The molecule has 0 radical (unpaired) electrons. The lowest BCUT2D eigenvalue weighted by molar-refractivity contribution is 0.963. The highest BCUT2D eigenvalue weighted by atomic mass is 15.0. The number of aromatic nitrogens is 1. The van der Waals surface area contributed by atoms with E-state index in [1.807, 2.05) is 12.1 Å². The van der Waals surface area contributed by atoms with Gasteiger partial charge in [-0.15, -0.1) is 0 Å². The van der Waals surface area contributed by atoms with Crippen molar-refractivity contribution in [2.24, 2.45) is 0 Å². The Balaban J connectivity index is 2.08. The van der Waals surface area contributed by atoms with E-state index in [2.05, 4.69) is 67.8 Å². The Morgan fingerprint density at radius 3 is 2.35 bits per heavy atom. The topological polar surface area (TPSA) is 52.5 Å². The molecule has 126 valence electrons. The predicted molar refractivity (Wildman–Crippen MR) is 105 cm³/mol. The van der Waals surface area contributed by atoms with Gasteiger partial charge in [0.05, 0.1) is 23.3 Å². The minimum Gasteiger partial charge on any atom is -0.318 e.